The molecular formula is C5H8F3NO3. The minimum atomic E-state index is -4.52. The first kappa shape index (κ1) is 11.0. The van der Waals surface area contributed by atoms with Crippen molar-refractivity contribution in [3.63, 3.8) is 0 Å². The summed E-state index contributed by atoms with van der Waals surface area (Å²) in [6.45, 7) is -2.10. The van der Waals surface area contributed by atoms with E-state index in [1.165, 1.54) is 0 Å². The van der Waals surface area contributed by atoms with Gasteiger partial charge in [0.2, 0.25) is 0 Å². The van der Waals surface area contributed by atoms with Crippen molar-refractivity contribution in [3.05, 3.63) is 0 Å². The highest BCUT2D eigenvalue weighted by atomic mass is 19.4. The molecule has 0 aromatic rings. The van der Waals surface area contributed by atoms with Crippen molar-refractivity contribution in [2.45, 2.75) is 6.18 Å². The number of aliphatic hydroxyl groups excluding tert-OH is 1. The highest BCUT2D eigenvalue weighted by Crippen LogP contribution is 2.14. The molecule has 0 heterocycles. The quantitative estimate of drug-likeness (QED) is 0.666. The molecule has 0 bridgehead atoms. The van der Waals surface area contributed by atoms with E-state index in [1.807, 2.05) is 5.32 Å². The van der Waals surface area contributed by atoms with E-state index in [0.29, 0.717) is 0 Å². The molecule has 0 rings (SSSR count). The predicted octanol–water partition coefficient (Wildman–Crippen LogP) is 0.267. The summed E-state index contributed by atoms with van der Waals surface area (Å²) < 4.78 is 37.9. The van der Waals surface area contributed by atoms with E-state index in [2.05, 4.69) is 4.74 Å². The molecule has 0 radical (unpaired) electrons. The summed E-state index contributed by atoms with van der Waals surface area (Å²) in [5, 5.41) is 10.0. The monoisotopic (exact) mass is 187 g/mol. The predicted molar refractivity (Wildman–Crippen MR) is 32.5 cm³/mol. The van der Waals surface area contributed by atoms with Gasteiger partial charge in [0.25, 0.3) is 0 Å². The lowest BCUT2D eigenvalue weighted by Gasteiger charge is -2.07. The minimum Gasteiger partial charge on any atom is -0.440 e. The number of aliphatic hydroxyl groups is 1. The molecule has 0 fully saturated rings. The largest absolute Gasteiger partial charge is 0.440 e. The van der Waals surface area contributed by atoms with Crippen LogP contribution < -0.4 is 5.32 Å². The number of carbonyl (C=O) groups is 1. The smallest absolute Gasteiger partial charge is 0.422 e. The molecule has 0 aliphatic heterocycles. The van der Waals surface area contributed by atoms with Gasteiger partial charge in [0.05, 0.1) is 6.61 Å². The molecule has 2 N–H and O–H groups in total. The van der Waals surface area contributed by atoms with Crippen LogP contribution in [-0.4, -0.2) is 37.1 Å². The highest BCUT2D eigenvalue weighted by Gasteiger charge is 2.29. The first-order chi connectivity index (χ1) is 5.45. The van der Waals surface area contributed by atoms with Crippen LogP contribution in [0.3, 0.4) is 0 Å². The Bertz CT molecular complexity index is 147. The molecule has 4 nitrogen and oxygen atoms in total. The molecule has 0 aromatic heterocycles. The van der Waals surface area contributed by atoms with Gasteiger partial charge in [-0.1, -0.05) is 0 Å². The van der Waals surface area contributed by atoms with Crippen LogP contribution in [-0.2, 0) is 4.74 Å². The first-order valence-electron chi connectivity index (χ1n) is 3.04. The molecule has 0 atom stereocenters. The molecule has 0 saturated carbocycles. The first-order valence-corrected chi connectivity index (χ1v) is 3.04. The lowest BCUT2D eigenvalue weighted by molar-refractivity contribution is -0.160. The number of carbonyl (C=O) groups excluding carboxylic acids is 1. The topological polar surface area (TPSA) is 58.6 Å². The van der Waals surface area contributed by atoms with Crippen molar-refractivity contribution in [3.8, 4) is 0 Å². The third kappa shape index (κ3) is 7.13. The molecule has 12 heavy (non-hydrogen) atoms. The number of ether oxygens (including phenoxy) is 1. The summed E-state index contributed by atoms with van der Waals surface area (Å²) in [4.78, 5) is 10.3. The Hall–Kier alpha value is -0.980. The molecule has 0 aliphatic carbocycles. The van der Waals surface area contributed by atoms with Crippen LogP contribution in [0.5, 0.6) is 0 Å². The maximum absolute atomic E-state index is 11.4. The van der Waals surface area contributed by atoms with Crippen LogP contribution in [0, 0.1) is 0 Å². The van der Waals surface area contributed by atoms with Gasteiger partial charge in [-0.2, -0.15) is 13.2 Å². The molecule has 7 heteroatoms. The zero-order valence-corrected chi connectivity index (χ0v) is 6.02. The number of alkyl carbamates (subject to hydrolysis) is 1. The number of nitrogens with one attached hydrogen (secondary N) is 1. The molecule has 0 aromatic carbocycles. The SMILES string of the molecule is O=C(NCCO)OCC(F)(F)F. The normalized spacial score (nSPS) is 11.0. The number of rotatable bonds is 3. The number of hydrogen-bond donors (Lipinski definition) is 2. The zero-order valence-electron chi connectivity index (χ0n) is 6.02. The average Bonchev–Trinajstić information content (AvgIpc) is 1.95. The Morgan fingerprint density at radius 2 is 2.08 bits per heavy atom. The van der Waals surface area contributed by atoms with Crippen LogP contribution in [0.4, 0.5) is 18.0 Å². The molecule has 0 spiro atoms. The average molecular weight is 187 g/mol. The Balaban J connectivity index is 3.44. The maximum Gasteiger partial charge on any atom is 0.422 e. The van der Waals surface area contributed by atoms with Gasteiger partial charge in [-0.25, -0.2) is 4.79 Å². The van der Waals surface area contributed by atoms with E-state index in [0.717, 1.165) is 0 Å². The van der Waals surface area contributed by atoms with Crippen LogP contribution in [0.1, 0.15) is 0 Å². The standard InChI is InChI=1S/C5H8F3NO3/c6-5(7,8)3-12-4(11)9-1-2-10/h10H,1-3H2,(H,9,11). The van der Waals surface area contributed by atoms with Crippen molar-refractivity contribution >= 4 is 6.09 Å². The zero-order chi connectivity index (χ0) is 9.61. The van der Waals surface area contributed by atoms with Gasteiger partial charge < -0.3 is 15.2 Å². The van der Waals surface area contributed by atoms with Crippen LogP contribution in [0.2, 0.25) is 0 Å². The fourth-order valence-corrected chi connectivity index (χ4v) is 0.356. The van der Waals surface area contributed by atoms with E-state index in [-0.39, 0.29) is 13.2 Å². The fraction of sp³-hybridized carbons (Fsp3) is 0.800. The van der Waals surface area contributed by atoms with Crippen LogP contribution >= 0.6 is 0 Å². The van der Waals surface area contributed by atoms with Gasteiger partial charge in [-0.05, 0) is 0 Å². The fourth-order valence-electron chi connectivity index (χ4n) is 0.356. The molecule has 1 amide bonds. The van der Waals surface area contributed by atoms with Gasteiger partial charge in [-0.3, -0.25) is 0 Å². The molecule has 0 aliphatic rings. The summed E-state index contributed by atoms with van der Waals surface area (Å²) in [6, 6.07) is 0. The summed E-state index contributed by atoms with van der Waals surface area (Å²) >= 11 is 0. The van der Waals surface area contributed by atoms with E-state index in [1.54, 1.807) is 0 Å². The lowest BCUT2D eigenvalue weighted by atomic mass is 10.7. The van der Waals surface area contributed by atoms with E-state index in [9.17, 15) is 18.0 Å². The third-order valence-corrected chi connectivity index (χ3v) is 0.748. The Morgan fingerprint density at radius 3 is 2.50 bits per heavy atom. The molecule has 0 saturated heterocycles. The van der Waals surface area contributed by atoms with Gasteiger partial charge in [0.15, 0.2) is 6.61 Å². The summed E-state index contributed by atoms with van der Waals surface area (Å²) in [7, 11) is 0. The third-order valence-electron chi connectivity index (χ3n) is 0.748. The second-order valence-electron chi connectivity index (χ2n) is 1.84. The number of amides is 1. The molecule has 0 unspecified atom stereocenters. The van der Waals surface area contributed by atoms with Crippen molar-refractivity contribution < 1.29 is 27.8 Å². The number of alkyl halides is 3. The van der Waals surface area contributed by atoms with Crippen molar-refractivity contribution in [1.29, 1.82) is 0 Å². The van der Waals surface area contributed by atoms with Crippen LogP contribution in [0.15, 0.2) is 0 Å². The molecule has 72 valence electrons. The van der Waals surface area contributed by atoms with Gasteiger partial charge in [0.1, 0.15) is 0 Å². The lowest BCUT2D eigenvalue weighted by Crippen LogP contribution is -2.30. The Labute approximate surface area is 66.3 Å². The summed E-state index contributed by atoms with van der Waals surface area (Å²) in [5.74, 6) is 0. The minimum absolute atomic E-state index is 0.128. The highest BCUT2D eigenvalue weighted by molar-refractivity contribution is 5.67. The summed E-state index contributed by atoms with van der Waals surface area (Å²) in [6.07, 6.45) is -5.71. The van der Waals surface area contributed by atoms with E-state index in [4.69, 9.17) is 5.11 Å². The number of halogens is 3. The molecular weight excluding hydrogens is 179 g/mol. The van der Waals surface area contributed by atoms with E-state index < -0.39 is 18.9 Å². The van der Waals surface area contributed by atoms with Gasteiger partial charge >= 0.3 is 12.3 Å². The Morgan fingerprint density at radius 1 is 1.50 bits per heavy atom. The van der Waals surface area contributed by atoms with Gasteiger partial charge in [-0.15, -0.1) is 0 Å². The van der Waals surface area contributed by atoms with Crippen molar-refractivity contribution in [2.24, 2.45) is 0 Å². The second kappa shape index (κ2) is 4.81. The van der Waals surface area contributed by atoms with E-state index >= 15 is 0 Å². The van der Waals surface area contributed by atoms with Crippen molar-refractivity contribution in [2.75, 3.05) is 19.8 Å². The van der Waals surface area contributed by atoms with Gasteiger partial charge in [0, 0.05) is 6.54 Å². The maximum atomic E-state index is 11.4. The Kier molecular flexibility index (Phi) is 4.42. The van der Waals surface area contributed by atoms with Crippen LogP contribution in [0.25, 0.3) is 0 Å². The second-order valence-corrected chi connectivity index (χ2v) is 1.84. The number of hydrogen-bond acceptors (Lipinski definition) is 3. The summed E-state index contributed by atoms with van der Waals surface area (Å²) in [5.41, 5.74) is 0. The van der Waals surface area contributed by atoms with Crippen molar-refractivity contribution in [1.82, 2.24) is 5.32 Å².